The lowest BCUT2D eigenvalue weighted by molar-refractivity contribution is -0.113. The van der Waals surface area contributed by atoms with Crippen LogP contribution in [0.25, 0.3) is 17.4 Å². The van der Waals surface area contributed by atoms with Crippen LogP contribution < -0.4 is 4.90 Å². The number of hydrogen-bond donors (Lipinski definition) is 0. The number of hydrogen-bond acceptors (Lipinski definition) is 4. The Kier molecular flexibility index (Phi) is 7.12. The molecule has 2 heterocycles. The number of halogens is 1. The van der Waals surface area contributed by atoms with Crippen LogP contribution in [0.2, 0.25) is 5.02 Å². The normalized spacial score (nSPS) is 15.9. The number of rotatable bonds is 6. The summed E-state index contributed by atoms with van der Waals surface area (Å²) in [5.74, 6) is 1.10. The van der Waals surface area contributed by atoms with Crippen molar-refractivity contribution >= 4 is 51.9 Å². The van der Waals surface area contributed by atoms with Gasteiger partial charge in [0.1, 0.15) is 11.5 Å². The van der Waals surface area contributed by atoms with Crippen LogP contribution >= 0.6 is 23.4 Å². The standard InChI is InChI=1S/C30H25ClN2O2S/c1-3-20-9-13-22(14-10-20)32-30-33(23-15-11-21(4-2)12-16-23)29(34)28(36-30)19-24-17-18-27(35-24)25-7-5-6-8-26(25)31/h5-19H,3-4H2,1-2H3/b28-19+,32-30?. The molecule has 3 aromatic carbocycles. The Balaban J connectivity index is 1.51. The first-order valence-electron chi connectivity index (χ1n) is 11.9. The molecule has 5 rings (SSSR count). The van der Waals surface area contributed by atoms with Crippen molar-refractivity contribution in [2.45, 2.75) is 26.7 Å². The van der Waals surface area contributed by atoms with E-state index in [1.54, 1.807) is 11.0 Å². The molecule has 0 aliphatic carbocycles. The number of carbonyl (C=O) groups excluding carboxylic acids is 1. The zero-order valence-corrected chi connectivity index (χ0v) is 21.6. The van der Waals surface area contributed by atoms with Gasteiger partial charge in [-0.3, -0.25) is 9.69 Å². The molecule has 0 N–H and O–H groups in total. The SMILES string of the molecule is CCc1ccc(N=C2S/C(=C/c3ccc(-c4ccccc4Cl)o3)C(=O)N2c2ccc(CC)cc2)cc1. The second-order valence-corrected chi connectivity index (χ2v) is 9.78. The first kappa shape index (κ1) is 24.2. The maximum atomic E-state index is 13.6. The molecule has 6 heteroatoms. The highest BCUT2D eigenvalue weighted by molar-refractivity contribution is 8.19. The van der Waals surface area contributed by atoms with Crippen molar-refractivity contribution in [3.05, 3.63) is 112 Å². The Hall–Kier alpha value is -3.54. The molecular weight excluding hydrogens is 488 g/mol. The molecule has 1 aromatic heterocycles. The molecule has 1 amide bonds. The molecule has 0 atom stereocenters. The van der Waals surface area contributed by atoms with Crippen LogP contribution in [0, 0.1) is 0 Å². The summed E-state index contributed by atoms with van der Waals surface area (Å²) < 4.78 is 6.03. The van der Waals surface area contributed by atoms with E-state index in [-0.39, 0.29) is 5.91 Å². The highest BCUT2D eigenvalue weighted by Crippen LogP contribution is 2.38. The van der Waals surface area contributed by atoms with E-state index in [1.165, 1.54) is 22.9 Å². The number of anilines is 1. The van der Waals surface area contributed by atoms with E-state index < -0.39 is 0 Å². The van der Waals surface area contributed by atoms with E-state index in [1.807, 2.05) is 72.8 Å². The number of aryl methyl sites for hydroxylation is 2. The van der Waals surface area contributed by atoms with Crippen LogP contribution in [0.5, 0.6) is 0 Å². The topological polar surface area (TPSA) is 45.8 Å². The number of nitrogens with zero attached hydrogens (tertiary/aromatic N) is 2. The Morgan fingerprint density at radius 1 is 0.889 bits per heavy atom. The fourth-order valence-corrected chi connectivity index (χ4v) is 5.15. The maximum absolute atomic E-state index is 13.6. The van der Waals surface area contributed by atoms with Gasteiger partial charge in [-0.05, 0) is 84.3 Å². The third kappa shape index (κ3) is 5.03. The predicted octanol–water partition coefficient (Wildman–Crippen LogP) is 8.53. The molecule has 1 fully saturated rings. The van der Waals surface area contributed by atoms with E-state index in [0.29, 0.717) is 26.6 Å². The van der Waals surface area contributed by atoms with Crippen LogP contribution in [0.1, 0.15) is 30.7 Å². The molecule has 4 nitrogen and oxygen atoms in total. The molecule has 0 saturated carbocycles. The fraction of sp³-hybridized carbons (Fsp3) is 0.133. The minimum atomic E-state index is -0.135. The quantitative estimate of drug-likeness (QED) is 0.243. The van der Waals surface area contributed by atoms with Gasteiger partial charge in [0.25, 0.3) is 5.91 Å². The second-order valence-electron chi connectivity index (χ2n) is 8.37. The summed E-state index contributed by atoms with van der Waals surface area (Å²) in [7, 11) is 0. The van der Waals surface area contributed by atoms with Crippen molar-refractivity contribution in [2.24, 2.45) is 4.99 Å². The highest BCUT2D eigenvalue weighted by Gasteiger charge is 2.35. The molecule has 0 unspecified atom stereocenters. The van der Waals surface area contributed by atoms with E-state index in [0.717, 1.165) is 29.8 Å². The van der Waals surface area contributed by atoms with Gasteiger partial charge in [-0.2, -0.15) is 0 Å². The second kappa shape index (κ2) is 10.6. The molecule has 0 bridgehead atoms. The maximum Gasteiger partial charge on any atom is 0.271 e. The summed E-state index contributed by atoms with van der Waals surface area (Å²) in [4.78, 5) is 20.6. The number of amides is 1. The van der Waals surface area contributed by atoms with Gasteiger partial charge in [-0.15, -0.1) is 0 Å². The number of carbonyl (C=O) groups is 1. The first-order chi connectivity index (χ1) is 17.6. The van der Waals surface area contributed by atoms with Gasteiger partial charge in [0.15, 0.2) is 5.17 Å². The average molecular weight is 513 g/mol. The van der Waals surface area contributed by atoms with Gasteiger partial charge in [0.05, 0.1) is 21.3 Å². The van der Waals surface area contributed by atoms with E-state index in [2.05, 4.69) is 26.0 Å². The van der Waals surface area contributed by atoms with Gasteiger partial charge in [0, 0.05) is 11.6 Å². The summed E-state index contributed by atoms with van der Waals surface area (Å²) in [5.41, 5.74) is 4.86. The fourth-order valence-electron chi connectivity index (χ4n) is 3.94. The third-order valence-electron chi connectivity index (χ3n) is 6.02. The third-order valence-corrected chi connectivity index (χ3v) is 7.32. The Labute approximate surface area is 220 Å². The number of aliphatic imine (C=N–C) groups is 1. The van der Waals surface area contributed by atoms with Crippen molar-refractivity contribution in [3.63, 3.8) is 0 Å². The van der Waals surface area contributed by atoms with Crippen molar-refractivity contribution in [1.82, 2.24) is 0 Å². The molecule has 1 aliphatic heterocycles. The first-order valence-corrected chi connectivity index (χ1v) is 13.1. The molecule has 180 valence electrons. The Morgan fingerprint density at radius 2 is 1.56 bits per heavy atom. The molecule has 0 spiro atoms. The number of amidine groups is 1. The number of furan rings is 1. The smallest absolute Gasteiger partial charge is 0.271 e. The van der Waals surface area contributed by atoms with Crippen LogP contribution in [-0.2, 0) is 17.6 Å². The number of benzene rings is 3. The lowest BCUT2D eigenvalue weighted by atomic mass is 10.1. The van der Waals surface area contributed by atoms with E-state index >= 15 is 0 Å². The van der Waals surface area contributed by atoms with Crippen molar-refractivity contribution in [1.29, 1.82) is 0 Å². The van der Waals surface area contributed by atoms with Crippen LogP contribution in [0.4, 0.5) is 11.4 Å². The van der Waals surface area contributed by atoms with Crippen molar-refractivity contribution < 1.29 is 9.21 Å². The number of thioether (sulfide) groups is 1. The van der Waals surface area contributed by atoms with Gasteiger partial charge >= 0.3 is 0 Å². The highest BCUT2D eigenvalue weighted by atomic mass is 35.5. The lowest BCUT2D eigenvalue weighted by Crippen LogP contribution is -2.28. The summed E-state index contributed by atoms with van der Waals surface area (Å²) >= 11 is 7.67. The van der Waals surface area contributed by atoms with Crippen LogP contribution in [-0.4, -0.2) is 11.1 Å². The zero-order valence-electron chi connectivity index (χ0n) is 20.1. The molecule has 4 aromatic rings. The van der Waals surface area contributed by atoms with Gasteiger partial charge < -0.3 is 4.42 Å². The van der Waals surface area contributed by atoms with Crippen molar-refractivity contribution in [2.75, 3.05) is 4.90 Å². The van der Waals surface area contributed by atoms with Gasteiger partial charge in [0.2, 0.25) is 0 Å². The summed E-state index contributed by atoms with van der Waals surface area (Å²) in [6.45, 7) is 4.23. The average Bonchev–Trinajstić information content (AvgIpc) is 3.49. The Bertz CT molecular complexity index is 1450. The van der Waals surface area contributed by atoms with Crippen LogP contribution in [0.15, 0.2) is 99.2 Å². The molecular formula is C30H25ClN2O2S. The van der Waals surface area contributed by atoms with Crippen LogP contribution in [0.3, 0.4) is 0 Å². The molecule has 1 saturated heterocycles. The monoisotopic (exact) mass is 512 g/mol. The van der Waals surface area contributed by atoms with E-state index in [4.69, 9.17) is 21.0 Å². The van der Waals surface area contributed by atoms with Gasteiger partial charge in [-0.1, -0.05) is 61.8 Å². The minimum Gasteiger partial charge on any atom is -0.457 e. The Morgan fingerprint density at radius 3 is 2.22 bits per heavy atom. The lowest BCUT2D eigenvalue weighted by Gasteiger charge is -2.16. The molecule has 0 radical (unpaired) electrons. The van der Waals surface area contributed by atoms with E-state index in [9.17, 15) is 4.79 Å². The summed E-state index contributed by atoms with van der Waals surface area (Å²) in [5, 5.41) is 1.22. The predicted molar refractivity (Wildman–Crippen MR) is 151 cm³/mol. The largest absolute Gasteiger partial charge is 0.457 e. The summed E-state index contributed by atoms with van der Waals surface area (Å²) in [6, 6.07) is 27.4. The van der Waals surface area contributed by atoms with Gasteiger partial charge in [-0.25, -0.2) is 4.99 Å². The molecule has 36 heavy (non-hydrogen) atoms. The summed E-state index contributed by atoms with van der Waals surface area (Å²) in [6.07, 6.45) is 3.67. The van der Waals surface area contributed by atoms with Crippen molar-refractivity contribution in [3.8, 4) is 11.3 Å². The zero-order chi connectivity index (χ0) is 25.1. The molecule has 1 aliphatic rings. The minimum absolute atomic E-state index is 0.135.